The van der Waals surface area contributed by atoms with Gasteiger partial charge in [-0.3, -0.25) is 9.79 Å². The van der Waals surface area contributed by atoms with Gasteiger partial charge in [0, 0.05) is 23.8 Å². The molecule has 0 bridgehead atoms. The minimum atomic E-state index is -3.99. The lowest BCUT2D eigenvalue weighted by Gasteiger charge is -2.27. The van der Waals surface area contributed by atoms with Gasteiger partial charge >= 0.3 is 10.2 Å². The van der Waals surface area contributed by atoms with Gasteiger partial charge in [-0.2, -0.15) is 8.42 Å². The summed E-state index contributed by atoms with van der Waals surface area (Å²) in [5.41, 5.74) is -0.0827. The molecule has 0 unspecified atom stereocenters. The number of thiophene rings is 1. The quantitative estimate of drug-likeness (QED) is 0.583. The summed E-state index contributed by atoms with van der Waals surface area (Å²) in [5, 5.41) is 13.4. The van der Waals surface area contributed by atoms with E-state index < -0.39 is 10.2 Å². The number of aliphatic imine (C=N–C) groups is 1. The number of carbonyl (C=O) groups excluding carboxylic acids is 1. The minimum Gasteiger partial charge on any atom is -0.505 e. The zero-order valence-corrected chi connectivity index (χ0v) is 20.4. The van der Waals surface area contributed by atoms with E-state index in [-0.39, 0.29) is 46.0 Å². The van der Waals surface area contributed by atoms with Crippen LogP contribution in [0.3, 0.4) is 0 Å². The lowest BCUT2D eigenvalue weighted by molar-refractivity contribution is 0.0824. The molecule has 0 aliphatic carbocycles. The number of phenols is 1. The average Bonchev–Trinajstić information content (AvgIpc) is 3.21. The van der Waals surface area contributed by atoms with Crippen LogP contribution in [0.1, 0.15) is 46.9 Å². The molecule has 1 aromatic carbocycles. The number of amides is 1. The van der Waals surface area contributed by atoms with Crippen LogP contribution in [0.25, 0.3) is 0 Å². The molecule has 1 atom stereocenters. The zero-order valence-electron chi connectivity index (χ0n) is 18.8. The summed E-state index contributed by atoms with van der Waals surface area (Å²) in [5.74, 6) is -0.712. The van der Waals surface area contributed by atoms with Gasteiger partial charge in [-0.05, 0) is 36.6 Å². The van der Waals surface area contributed by atoms with E-state index in [2.05, 4.69) is 14.4 Å². The molecule has 9 nitrogen and oxygen atoms in total. The van der Waals surface area contributed by atoms with Crippen LogP contribution < -0.4 is 10.0 Å². The highest BCUT2D eigenvalue weighted by Gasteiger charge is 2.33. The Kier molecular flexibility index (Phi) is 6.34. The van der Waals surface area contributed by atoms with E-state index in [9.17, 15) is 18.3 Å². The normalized spacial score (nSPS) is 17.6. The molecule has 2 heterocycles. The highest BCUT2D eigenvalue weighted by Crippen LogP contribution is 2.40. The van der Waals surface area contributed by atoms with Gasteiger partial charge in [-0.15, -0.1) is 15.7 Å². The number of nitrogens with one attached hydrogen (secondary N) is 2. The Bertz CT molecular complexity index is 1210. The van der Waals surface area contributed by atoms with Crippen molar-refractivity contribution in [2.45, 2.75) is 33.7 Å². The third-order valence-electron chi connectivity index (χ3n) is 4.70. The van der Waals surface area contributed by atoms with Gasteiger partial charge < -0.3 is 15.3 Å². The van der Waals surface area contributed by atoms with E-state index in [1.807, 2.05) is 39.8 Å². The zero-order chi connectivity index (χ0) is 23.8. The summed E-state index contributed by atoms with van der Waals surface area (Å²) in [6, 6.07) is 8.24. The summed E-state index contributed by atoms with van der Waals surface area (Å²) < 4.78 is 30.5. The molecule has 0 saturated heterocycles. The van der Waals surface area contributed by atoms with Crippen molar-refractivity contribution in [2.75, 3.05) is 19.4 Å². The molecule has 2 aromatic rings. The summed E-state index contributed by atoms with van der Waals surface area (Å²) in [7, 11) is -0.849. The number of hydrogen-bond acceptors (Lipinski definition) is 7. The number of aromatic hydroxyl groups is 1. The van der Waals surface area contributed by atoms with Crippen LogP contribution in [0, 0.1) is 12.3 Å². The van der Waals surface area contributed by atoms with Crippen LogP contribution >= 0.6 is 11.3 Å². The monoisotopic (exact) mass is 477 g/mol. The third-order valence-corrected chi connectivity index (χ3v) is 6.62. The second kappa shape index (κ2) is 8.55. The van der Waals surface area contributed by atoms with Crippen LogP contribution in [-0.4, -0.2) is 50.1 Å². The Morgan fingerprint density at radius 1 is 1.25 bits per heavy atom. The van der Waals surface area contributed by atoms with Crippen molar-refractivity contribution >= 4 is 44.8 Å². The average molecular weight is 478 g/mol. The summed E-state index contributed by atoms with van der Waals surface area (Å²) >= 11 is 1.59. The van der Waals surface area contributed by atoms with E-state index in [4.69, 9.17) is 4.99 Å². The number of anilines is 1. The van der Waals surface area contributed by atoms with Crippen LogP contribution in [0.4, 0.5) is 5.69 Å². The molecule has 0 saturated carbocycles. The standard InChI is InChI=1S/C21H27N5O4S2/c1-12-10-11-15(31-12)17(21(2,3)4)23-19-18(24-32(29,30)25-19)22-14-9-7-8-13(16(14)27)20(28)26(5)6/h7-11,17,27H,1-6H3,(H,22,24)(H,23,25)/t17-/m0/s1. The van der Waals surface area contributed by atoms with Crippen LogP contribution in [0.2, 0.25) is 0 Å². The summed E-state index contributed by atoms with van der Waals surface area (Å²) in [6.07, 6.45) is 0. The fourth-order valence-corrected chi connectivity index (χ4v) is 5.10. The molecular weight excluding hydrogens is 450 g/mol. The maximum Gasteiger partial charge on any atom is 0.345 e. The maximum atomic E-state index is 12.3. The molecule has 0 spiro atoms. The molecule has 1 amide bonds. The number of amidine groups is 2. The Hall–Kier alpha value is -2.92. The van der Waals surface area contributed by atoms with Gasteiger partial charge in [0.1, 0.15) is 0 Å². The van der Waals surface area contributed by atoms with E-state index >= 15 is 0 Å². The highest BCUT2D eigenvalue weighted by atomic mass is 32.2. The molecule has 0 radical (unpaired) electrons. The smallest absolute Gasteiger partial charge is 0.345 e. The number of phenolic OH excluding ortho intramolecular Hbond substituents is 1. The molecular formula is C21H27N5O4S2. The molecule has 1 aliphatic rings. The number of para-hydroxylation sites is 1. The summed E-state index contributed by atoms with van der Waals surface area (Å²) in [4.78, 5) is 20.5. The number of rotatable bonds is 4. The molecule has 3 rings (SSSR count). The molecule has 11 heteroatoms. The van der Waals surface area contributed by atoms with Crippen LogP contribution in [0.5, 0.6) is 5.75 Å². The van der Waals surface area contributed by atoms with Crippen molar-refractivity contribution in [3.63, 3.8) is 0 Å². The fraction of sp³-hybridized carbons (Fsp3) is 0.381. The SMILES string of the molecule is Cc1ccc([C@H](N=C2NS(=O)(=O)N=C2Nc2cccc(C(=O)N(C)C)c2O)C(C)(C)C)s1. The first-order chi connectivity index (χ1) is 14.8. The number of hydrogen-bond donors (Lipinski definition) is 3. The Labute approximate surface area is 192 Å². The first-order valence-corrected chi connectivity index (χ1v) is 12.1. The first-order valence-electron chi connectivity index (χ1n) is 9.86. The first kappa shape index (κ1) is 23.7. The molecule has 1 aromatic heterocycles. The van der Waals surface area contributed by atoms with Crippen molar-refractivity contribution in [2.24, 2.45) is 14.8 Å². The highest BCUT2D eigenvalue weighted by molar-refractivity contribution is 7.89. The van der Waals surface area contributed by atoms with Gasteiger partial charge in [0.15, 0.2) is 17.4 Å². The molecule has 32 heavy (non-hydrogen) atoms. The fourth-order valence-electron chi connectivity index (χ4n) is 3.13. The second-order valence-electron chi connectivity index (χ2n) is 8.74. The van der Waals surface area contributed by atoms with Gasteiger partial charge in [0.2, 0.25) is 0 Å². The second-order valence-corrected chi connectivity index (χ2v) is 11.4. The number of carbonyl (C=O) groups is 1. The molecule has 1 aliphatic heterocycles. The maximum absolute atomic E-state index is 12.3. The third kappa shape index (κ3) is 5.10. The van der Waals surface area contributed by atoms with Crippen LogP contribution in [0.15, 0.2) is 39.7 Å². The Morgan fingerprint density at radius 3 is 2.50 bits per heavy atom. The van der Waals surface area contributed by atoms with Crippen molar-refractivity contribution in [1.82, 2.24) is 9.62 Å². The Balaban J connectivity index is 2.02. The van der Waals surface area contributed by atoms with Crippen molar-refractivity contribution < 1.29 is 18.3 Å². The van der Waals surface area contributed by atoms with Gasteiger partial charge in [0.05, 0.1) is 17.3 Å². The van der Waals surface area contributed by atoms with E-state index in [0.717, 1.165) is 9.75 Å². The van der Waals surface area contributed by atoms with E-state index in [0.29, 0.717) is 0 Å². The predicted molar refractivity (Wildman–Crippen MR) is 128 cm³/mol. The van der Waals surface area contributed by atoms with Gasteiger partial charge in [0.25, 0.3) is 5.91 Å². The molecule has 3 N–H and O–H groups in total. The molecule has 0 fully saturated rings. The van der Waals surface area contributed by atoms with Crippen molar-refractivity contribution in [1.29, 1.82) is 0 Å². The van der Waals surface area contributed by atoms with Gasteiger partial charge in [-0.1, -0.05) is 26.8 Å². The number of aryl methyl sites for hydroxylation is 1. The Morgan fingerprint density at radius 2 is 1.94 bits per heavy atom. The number of benzene rings is 1. The van der Waals surface area contributed by atoms with Crippen molar-refractivity contribution in [3.8, 4) is 5.75 Å². The number of nitrogens with zero attached hydrogens (tertiary/aromatic N) is 3. The van der Waals surface area contributed by atoms with Crippen molar-refractivity contribution in [3.05, 3.63) is 45.6 Å². The molecule has 172 valence electrons. The lowest BCUT2D eigenvalue weighted by atomic mass is 9.86. The minimum absolute atomic E-state index is 0.0414. The summed E-state index contributed by atoms with van der Waals surface area (Å²) in [6.45, 7) is 8.06. The lowest BCUT2D eigenvalue weighted by Crippen LogP contribution is -2.32. The van der Waals surface area contributed by atoms with Gasteiger partial charge in [-0.25, -0.2) is 4.72 Å². The largest absolute Gasteiger partial charge is 0.505 e. The topological polar surface area (TPSA) is 123 Å². The van der Waals surface area contributed by atoms with Crippen LogP contribution in [-0.2, 0) is 10.2 Å². The van der Waals surface area contributed by atoms with E-state index in [1.54, 1.807) is 31.5 Å². The predicted octanol–water partition coefficient (Wildman–Crippen LogP) is 3.31. The van der Waals surface area contributed by atoms with E-state index in [1.165, 1.54) is 17.0 Å².